The number of pyridine rings is 1. The number of hydrogen-bond donors (Lipinski definition) is 2. The van der Waals surface area contributed by atoms with Crippen molar-refractivity contribution in [3.8, 4) is 0 Å². The highest BCUT2D eigenvalue weighted by atomic mass is 16.3. The minimum absolute atomic E-state index is 0.00487. The molecule has 16 heavy (non-hydrogen) atoms. The van der Waals surface area contributed by atoms with E-state index in [1.54, 1.807) is 4.90 Å². The van der Waals surface area contributed by atoms with Crippen molar-refractivity contribution in [3.05, 3.63) is 34.2 Å². The fraction of sp³-hybridized carbons (Fsp3) is 0.455. The monoisotopic (exact) mass is 222 g/mol. The second-order valence-electron chi connectivity index (χ2n) is 3.92. The molecule has 0 saturated carbocycles. The van der Waals surface area contributed by atoms with Gasteiger partial charge in [-0.05, 0) is 18.9 Å². The number of aliphatic hydroxyl groups excluding tert-OH is 1. The number of nitrogens with one attached hydrogen (secondary N) is 1. The molecule has 2 N–H and O–H groups in total. The van der Waals surface area contributed by atoms with Crippen molar-refractivity contribution in [1.29, 1.82) is 0 Å². The molecule has 5 nitrogen and oxygen atoms in total. The largest absolute Gasteiger partial charge is 0.394 e. The number of likely N-dealkylation sites (tertiary alicyclic amines) is 1. The molecule has 0 bridgehead atoms. The molecule has 1 unspecified atom stereocenters. The molecule has 1 aromatic rings. The molecule has 1 aliphatic rings. The van der Waals surface area contributed by atoms with Gasteiger partial charge in [-0.15, -0.1) is 0 Å². The van der Waals surface area contributed by atoms with Crippen LogP contribution in [0.2, 0.25) is 0 Å². The lowest BCUT2D eigenvalue weighted by atomic mass is 10.2. The predicted molar refractivity (Wildman–Crippen MR) is 58.2 cm³/mol. The van der Waals surface area contributed by atoms with Crippen molar-refractivity contribution in [2.24, 2.45) is 0 Å². The number of carbonyl (C=O) groups is 1. The number of aliphatic hydroxyl groups is 1. The fourth-order valence-electron chi connectivity index (χ4n) is 2.00. The Morgan fingerprint density at radius 2 is 2.38 bits per heavy atom. The van der Waals surface area contributed by atoms with Crippen molar-refractivity contribution in [3.63, 3.8) is 0 Å². The number of aromatic amines is 1. The van der Waals surface area contributed by atoms with Crippen molar-refractivity contribution in [2.75, 3.05) is 13.2 Å². The molecule has 1 saturated heterocycles. The van der Waals surface area contributed by atoms with Gasteiger partial charge in [-0.25, -0.2) is 0 Å². The van der Waals surface area contributed by atoms with Gasteiger partial charge in [0.25, 0.3) is 5.91 Å². The Balaban J connectivity index is 2.18. The molecule has 0 radical (unpaired) electrons. The summed E-state index contributed by atoms with van der Waals surface area (Å²) in [5.41, 5.74) is 0.233. The number of carbonyl (C=O) groups excluding carboxylic acids is 1. The standard InChI is InChI=1S/C11H14N2O3/c14-7-9-2-1-5-13(9)11(16)8-3-4-10(15)12-6-8/h3-4,6,9,14H,1-2,5,7H2,(H,12,15). The molecule has 0 spiro atoms. The summed E-state index contributed by atoms with van der Waals surface area (Å²) in [4.78, 5) is 27.0. The van der Waals surface area contributed by atoms with E-state index in [0.29, 0.717) is 12.1 Å². The van der Waals surface area contributed by atoms with E-state index in [9.17, 15) is 9.59 Å². The topological polar surface area (TPSA) is 73.4 Å². The molecule has 86 valence electrons. The second kappa shape index (κ2) is 4.49. The normalized spacial score (nSPS) is 20.1. The maximum absolute atomic E-state index is 12.0. The Bertz CT molecular complexity index is 421. The Hall–Kier alpha value is -1.62. The maximum Gasteiger partial charge on any atom is 0.255 e. The number of amides is 1. The minimum atomic E-state index is -0.225. The zero-order valence-electron chi connectivity index (χ0n) is 8.85. The molecular formula is C11H14N2O3. The van der Waals surface area contributed by atoms with Crippen LogP contribution in [0.25, 0.3) is 0 Å². The zero-order chi connectivity index (χ0) is 11.5. The van der Waals surface area contributed by atoms with E-state index in [4.69, 9.17) is 5.11 Å². The highest BCUT2D eigenvalue weighted by Crippen LogP contribution is 2.18. The molecule has 0 aromatic carbocycles. The van der Waals surface area contributed by atoms with E-state index in [-0.39, 0.29) is 24.1 Å². The summed E-state index contributed by atoms with van der Waals surface area (Å²) >= 11 is 0. The first-order valence-corrected chi connectivity index (χ1v) is 5.33. The van der Waals surface area contributed by atoms with Gasteiger partial charge in [0.05, 0.1) is 18.2 Å². The molecule has 1 aromatic heterocycles. The van der Waals surface area contributed by atoms with Crippen LogP contribution in [0.5, 0.6) is 0 Å². The molecular weight excluding hydrogens is 208 g/mol. The Kier molecular flexibility index (Phi) is 3.05. The van der Waals surface area contributed by atoms with Crippen LogP contribution in [0.4, 0.5) is 0 Å². The van der Waals surface area contributed by atoms with Gasteiger partial charge in [0.1, 0.15) is 0 Å². The van der Waals surface area contributed by atoms with Gasteiger partial charge in [0.2, 0.25) is 5.56 Å². The van der Waals surface area contributed by atoms with Crippen molar-refractivity contribution in [1.82, 2.24) is 9.88 Å². The third-order valence-electron chi connectivity index (χ3n) is 2.88. The van der Waals surface area contributed by atoms with Gasteiger partial charge < -0.3 is 15.0 Å². The summed E-state index contributed by atoms with van der Waals surface area (Å²) in [5, 5.41) is 9.12. The average Bonchev–Trinajstić information content (AvgIpc) is 2.77. The van der Waals surface area contributed by atoms with Crippen LogP contribution in [0.3, 0.4) is 0 Å². The highest BCUT2D eigenvalue weighted by Gasteiger charge is 2.28. The van der Waals surface area contributed by atoms with E-state index in [2.05, 4.69) is 4.98 Å². The number of rotatable bonds is 2. The van der Waals surface area contributed by atoms with E-state index in [1.807, 2.05) is 0 Å². The number of hydrogen-bond acceptors (Lipinski definition) is 3. The van der Waals surface area contributed by atoms with Crippen LogP contribution in [0.1, 0.15) is 23.2 Å². The van der Waals surface area contributed by atoms with Gasteiger partial charge in [-0.1, -0.05) is 0 Å². The van der Waals surface area contributed by atoms with Crippen molar-refractivity contribution in [2.45, 2.75) is 18.9 Å². The molecule has 5 heteroatoms. The van der Waals surface area contributed by atoms with Gasteiger partial charge >= 0.3 is 0 Å². The lowest BCUT2D eigenvalue weighted by molar-refractivity contribution is 0.0677. The SMILES string of the molecule is O=C(c1ccc(=O)[nH]c1)N1CCCC1CO. The summed E-state index contributed by atoms with van der Waals surface area (Å²) in [6.07, 6.45) is 3.17. The van der Waals surface area contributed by atoms with Gasteiger partial charge in [-0.3, -0.25) is 9.59 Å². The molecule has 1 amide bonds. The molecule has 1 aliphatic heterocycles. The number of aromatic nitrogens is 1. The first-order chi connectivity index (χ1) is 7.72. The highest BCUT2D eigenvalue weighted by molar-refractivity contribution is 5.94. The van der Waals surface area contributed by atoms with Crippen molar-refractivity contribution >= 4 is 5.91 Å². The predicted octanol–water partition coefficient (Wildman–Crippen LogP) is -0.0282. The van der Waals surface area contributed by atoms with Gasteiger partial charge in [0, 0.05) is 18.8 Å². The third kappa shape index (κ3) is 1.99. The van der Waals surface area contributed by atoms with Crippen LogP contribution in [-0.4, -0.2) is 40.1 Å². The Morgan fingerprint density at radius 1 is 1.56 bits per heavy atom. The van der Waals surface area contributed by atoms with Crippen LogP contribution < -0.4 is 5.56 Å². The zero-order valence-corrected chi connectivity index (χ0v) is 8.85. The average molecular weight is 222 g/mol. The molecule has 0 aliphatic carbocycles. The lowest BCUT2D eigenvalue weighted by Gasteiger charge is -2.22. The fourth-order valence-corrected chi connectivity index (χ4v) is 2.00. The molecule has 1 fully saturated rings. The van der Waals surface area contributed by atoms with Crippen LogP contribution in [0, 0.1) is 0 Å². The number of H-pyrrole nitrogens is 1. The quantitative estimate of drug-likeness (QED) is 0.738. The summed E-state index contributed by atoms with van der Waals surface area (Å²) in [5.74, 6) is -0.132. The van der Waals surface area contributed by atoms with E-state index >= 15 is 0 Å². The van der Waals surface area contributed by atoms with Crippen LogP contribution in [0.15, 0.2) is 23.1 Å². The minimum Gasteiger partial charge on any atom is -0.394 e. The first-order valence-electron chi connectivity index (χ1n) is 5.33. The van der Waals surface area contributed by atoms with Crippen LogP contribution in [-0.2, 0) is 0 Å². The Labute approximate surface area is 92.7 Å². The van der Waals surface area contributed by atoms with E-state index < -0.39 is 0 Å². The van der Waals surface area contributed by atoms with Crippen LogP contribution >= 0.6 is 0 Å². The van der Waals surface area contributed by atoms with E-state index in [1.165, 1.54) is 18.3 Å². The molecule has 1 atom stereocenters. The molecule has 2 heterocycles. The second-order valence-corrected chi connectivity index (χ2v) is 3.92. The Morgan fingerprint density at radius 3 is 3.00 bits per heavy atom. The summed E-state index contributed by atoms with van der Waals surface area (Å²) in [6.45, 7) is 0.665. The lowest BCUT2D eigenvalue weighted by Crippen LogP contribution is -2.37. The van der Waals surface area contributed by atoms with Crippen molar-refractivity contribution < 1.29 is 9.90 Å². The van der Waals surface area contributed by atoms with Gasteiger partial charge in [-0.2, -0.15) is 0 Å². The smallest absolute Gasteiger partial charge is 0.255 e. The summed E-state index contributed by atoms with van der Waals surface area (Å²) < 4.78 is 0. The number of nitrogens with zero attached hydrogens (tertiary/aromatic N) is 1. The molecule has 2 rings (SSSR count). The summed E-state index contributed by atoms with van der Waals surface area (Å²) in [6, 6.07) is 2.75. The third-order valence-corrected chi connectivity index (χ3v) is 2.88. The summed E-state index contributed by atoms with van der Waals surface area (Å²) in [7, 11) is 0. The first kappa shape index (κ1) is 10.9. The van der Waals surface area contributed by atoms with Gasteiger partial charge in [0.15, 0.2) is 0 Å². The van der Waals surface area contributed by atoms with E-state index in [0.717, 1.165) is 12.8 Å². The maximum atomic E-state index is 12.0.